The predicted octanol–water partition coefficient (Wildman–Crippen LogP) is 2.37. The highest BCUT2D eigenvalue weighted by Crippen LogP contribution is 2.36. The first-order chi connectivity index (χ1) is 8.09. The van der Waals surface area contributed by atoms with Gasteiger partial charge in [-0.1, -0.05) is 19.8 Å². The van der Waals surface area contributed by atoms with E-state index in [2.05, 4.69) is 6.92 Å². The summed E-state index contributed by atoms with van der Waals surface area (Å²) in [7, 11) is 0. The van der Waals surface area contributed by atoms with Crippen LogP contribution in [0.3, 0.4) is 0 Å². The summed E-state index contributed by atoms with van der Waals surface area (Å²) in [6.45, 7) is 7.69. The Morgan fingerprint density at radius 2 is 2.24 bits per heavy atom. The Morgan fingerprint density at radius 1 is 1.53 bits per heavy atom. The maximum Gasteiger partial charge on any atom is 0.410 e. The molecule has 0 aromatic rings. The van der Waals surface area contributed by atoms with E-state index >= 15 is 0 Å². The maximum absolute atomic E-state index is 12.0. The molecule has 17 heavy (non-hydrogen) atoms. The van der Waals surface area contributed by atoms with Crippen LogP contribution in [0.5, 0.6) is 0 Å². The molecule has 4 nitrogen and oxygen atoms in total. The fraction of sp³-hybridized carbons (Fsp3) is 0.923. The Balaban J connectivity index is 2.84. The molecule has 0 aromatic heterocycles. The number of ether oxygens (including phenoxy) is 1. The lowest BCUT2D eigenvalue weighted by molar-refractivity contribution is 0.0282. The summed E-state index contributed by atoms with van der Waals surface area (Å²) in [5, 5.41) is 0. The Kier molecular flexibility index (Phi) is 5.25. The standard InChI is InChI=1S/C13H26N2O2/c1-4-15(12(16)17-5-2)13(10-14)8-6-7-11(3)9-13/h11H,4-10,14H2,1-3H3. The van der Waals surface area contributed by atoms with Gasteiger partial charge in [-0.25, -0.2) is 4.79 Å². The van der Waals surface area contributed by atoms with Crippen LogP contribution < -0.4 is 5.73 Å². The number of carbonyl (C=O) groups excluding carboxylic acids is 1. The summed E-state index contributed by atoms with van der Waals surface area (Å²) >= 11 is 0. The van der Waals surface area contributed by atoms with Gasteiger partial charge in [0.15, 0.2) is 0 Å². The first-order valence-electron chi connectivity index (χ1n) is 6.74. The van der Waals surface area contributed by atoms with Gasteiger partial charge in [0.2, 0.25) is 0 Å². The van der Waals surface area contributed by atoms with Crippen molar-refractivity contribution in [3.8, 4) is 0 Å². The molecule has 1 amide bonds. The lowest BCUT2D eigenvalue weighted by atomic mass is 9.75. The van der Waals surface area contributed by atoms with E-state index in [-0.39, 0.29) is 11.6 Å². The third-order valence-electron chi connectivity index (χ3n) is 3.82. The van der Waals surface area contributed by atoms with Crippen LogP contribution in [0, 0.1) is 5.92 Å². The molecule has 0 bridgehead atoms. The smallest absolute Gasteiger partial charge is 0.410 e. The summed E-state index contributed by atoms with van der Waals surface area (Å²) in [5.41, 5.74) is 5.78. The SMILES string of the molecule is CCOC(=O)N(CC)C1(CN)CCCC(C)C1. The van der Waals surface area contributed by atoms with Gasteiger partial charge in [0, 0.05) is 13.1 Å². The fourth-order valence-electron chi connectivity index (χ4n) is 3.03. The summed E-state index contributed by atoms with van der Waals surface area (Å²) in [6, 6.07) is 0. The minimum Gasteiger partial charge on any atom is -0.450 e. The Bertz CT molecular complexity index is 258. The van der Waals surface area contributed by atoms with Crippen LogP contribution in [0.2, 0.25) is 0 Å². The van der Waals surface area contributed by atoms with E-state index in [1.165, 1.54) is 6.42 Å². The van der Waals surface area contributed by atoms with Gasteiger partial charge in [-0.2, -0.15) is 0 Å². The van der Waals surface area contributed by atoms with Crippen molar-refractivity contribution in [1.82, 2.24) is 4.90 Å². The van der Waals surface area contributed by atoms with Crippen molar-refractivity contribution in [2.45, 2.75) is 52.0 Å². The number of rotatable bonds is 4. The van der Waals surface area contributed by atoms with Crippen molar-refractivity contribution in [3.63, 3.8) is 0 Å². The number of carbonyl (C=O) groups is 1. The van der Waals surface area contributed by atoms with Crippen LogP contribution in [0.4, 0.5) is 4.79 Å². The second-order valence-corrected chi connectivity index (χ2v) is 5.07. The van der Waals surface area contributed by atoms with Crippen molar-refractivity contribution in [1.29, 1.82) is 0 Å². The van der Waals surface area contributed by atoms with Gasteiger partial charge in [0.1, 0.15) is 0 Å². The van der Waals surface area contributed by atoms with Gasteiger partial charge in [-0.3, -0.25) is 0 Å². The predicted molar refractivity (Wildman–Crippen MR) is 68.8 cm³/mol. The monoisotopic (exact) mass is 242 g/mol. The van der Waals surface area contributed by atoms with Crippen LogP contribution in [0.15, 0.2) is 0 Å². The molecule has 1 aliphatic rings. The first-order valence-corrected chi connectivity index (χ1v) is 6.74. The molecule has 2 unspecified atom stereocenters. The summed E-state index contributed by atoms with van der Waals surface area (Å²) in [4.78, 5) is 13.8. The van der Waals surface area contributed by atoms with Crippen LogP contribution in [-0.4, -0.2) is 36.2 Å². The van der Waals surface area contributed by atoms with Gasteiger partial charge in [-0.15, -0.1) is 0 Å². The molecular weight excluding hydrogens is 216 g/mol. The molecule has 2 N–H and O–H groups in total. The van der Waals surface area contributed by atoms with Crippen molar-refractivity contribution in [3.05, 3.63) is 0 Å². The third kappa shape index (κ3) is 3.12. The quantitative estimate of drug-likeness (QED) is 0.823. The Hall–Kier alpha value is -0.770. The molecule has 0 heterocycles. The molecule has 2 atom stereocenters. The summed E-state index contributed by atoms with van der Waals surface area (Å²) in [5.74, 6) is 0.635. The highest BCUT2D eigenvalue weighted by molar-refractivity contribution is 5.68. The normalized spacial score (nSPS) is 28.8. The first kappa shape index (κ1) is 14.3. The third-order valence-corrected chi connectivity index (χ3v) is 3.82. The van der Waals surface area contributed by atoms with Crippen molar-refractivity contribution in [2.75, 3.05) is 19.7 Å². The molecule has 1 aliphatic carbocycles. The molecule has 0 aliphatic heterocycles. The van der Waals surface area contributed by atoms with E-state index in [4.69, 9.17) is 10.5 Å². The number of hydrogen-bond donors (Lipinski definition) is 1. The zero-order chi connectivity index (χ0) is 12.9. The largest absolute Gasteiger partial charge is 0.450 e. The minimum atomic E-state index is -0.213. The van der Waals surface area contributed by atoms with Crippen LogP contribution in [-0.2, 0) is 4.74 Å². The zero-order valence-corrected chi connectivity index (χ0v) is 11.4. The van der Waals surface area contributed by atoms with E-state index in [1.54, 1.807) is 0 Å². The number of nitrogens with zero attached hydrogens (tertiary/aromatic N) is 1. The summed E-state index contributed by atoms with van der Waals surface area (Å²) in [6.07, 6.45) is 4.17. The van der Waals surface area contributed by atoms with Crippen LogP contribution in [0.25, 0.3) is 0 Å². The molecule has 0 saturated heterocycles. The zero-order valence-electron chi connectivity index (χ0n) is 11.4. The van der Waals surface area contributed by atoms with Crippen LogP contribution in [0.1, 0.15) is 46.5 Å². The topological polar surface area (TPSA) is 55.6 Å². The van der Waals surface area contributed by atoms with Gasteiger partial charge in [-0.05, 0) is 32.6 Å². The van der Waals surface area contributed by atoms with Crippen molar-refractivity contribution < 1.29 is 9.53 Å². The second-order valence-electron chi connectivity index (χ2n) is 5.07. The van der Waals surface area contributed by atoms with E-state index in [0.29, 0.717) is 25.6 Å². The highest BCUT2D eigenvalue weighted by atomic mass is 16.6. The molecule has 1 rings (SSSR count). The molecule has 0 aromatic carbocycles. The van der Waals surface area contributed by atoms with Gasteiger partial charge < -0.3 is 15.4 Å². The number of amides is 1. The lowest BCUT2D eigenvalue weighted by Gasteiger charge is -2.46. The molecule has 4 heteroatoms. The second kappa shape index (κ2) is 6.24. The summed E-state index contributed by atoms with van der Waals surface area (Å²) < 4.78 is 5.14. The molecule has 0 spiro atoms. The molecular formula is C13H26N2O2. The molecule has 100 valence electrons. The molecule has 0 radical (unpaired) electrons. The van der Waals surface area contributed by atoms with Crippen molar-refractivity contribution in [2.24, 2.45) is 11.7 Å². The minimum absolute atomic E-state index is 0.182. The Labute approximate surface area is 104 Å². The maximum atomic E-state index is 12.0. The average molecular weight is 242 g/mol. The van der Waals surface area contributed by atoms with Gasteiger partial charge in [0.25, 0.3) is 0 Å². The Morgan fingerprint density at radius 3 is 2.71 bits per heavy atom. The average Bonchev–Trinajstić information content (AvgIpc) is 2.30. The van der Waals surface area contributed by atoms with E-state index in [0.717, 1.165) is 19.3 Å². The number of hydrogen-bond acceptors (Lipinski definition) is 3. The van der Waals surface area contributed by atoms with Gasteiger partial charge >= 0.3 is 6.09 Å². The van der Waals surface area contributed by atoms with Crippen molar-refractivity contribution >= 4 is 6.09 Å². The highest BCUT2D eigenvalue weighted by Gasteiger charge is 2.41. The van der Waals surface area contributed by atoms with E-state index in [9.17, 15) is 4.79 Å². The number of likely N-dealkylation sites (N-methyl/N-ethyl adjacent to an activating group) is 1. The molecule has 1 saturated carbocycles. The fourth-order valence-corrected chi connectivity index (χ4v) is 3.03. The number of nitrogens with two attached hydrogens (primary N) is 1. The van der Waals surface area contributed by atoms with E-state index in [1.807, 2.05) is 18.7 Å². The molecule has 1 fully saturated rings. The van der Waals surface area contributed by atoms with Crippen LogP contribution >= 0.6 is 0 Å². The van der Waals surface area contributed by atoms with Gasteiger partial charge in [0.05, 0.1) is 12.1 Å². The van der Waals surface area contributed by atoms with E-state index < -0.39 is 0 Å². The lowest BCUT2D eigenvalue weighted by Crippen LogP contribution is -2.58.